The molecular weight excluding hydrogens is 348 g/mol. The Morgan fingerprint density at radius 1 is 1.08 bits per heavy atom. The van der Waals surface area contributed by atoms with Crippen molar-refractivity contribution < 1.29 is 14.3 Å². The summed E-state index contributed by atoms with van der Waals surface area (Å²) in [6, 6.07) is 19.6. The molecule has 0 spiro atoms. The number of methoxy groups -OCH3 is 1. The highest BCUT2D eigenvalue weighted by atomic mass is 32.1. The fraction of sp³-hybridized carbons (Fsp3) is 0.0500. The second kappa shape index (κ2) is 7.64. The van der Waals surface area contributed by atoms with Gasteiger partial charge < -0.3 is 10.1 Å². The minimum atomic E-state index is -0.507. The van der Waals surface area contributed by atoms with E-state index in [1.807, 2.05) is 36.4 Å². The summed E-state index contributed by atoms with van der Waals surface area (Å²) in [4.78, 5) is 25.7. The number of carbonyl (C=O) groups excluding carboxylic acids is 2. The van der Waals surface area contributed by atoms with Crippen LogP contribution in [0.4, 0.5) is 5.69 Å². The van der Waals surface area contributed by atoms with Crippen molar-refractivity contribution >= 4 is 28.9 Å². The van der Waals surface area contributed by atoms with Crippen LogP contribution in [0.3, 0.4) is 0 Å². The number of nitrogens with one attached hydrogen (secondary N) is 1. The number of esters is 1. The number of anilines is 1. The summed E-state index contributed by atoms with van der Waals surface area (Å²) >= 11 is 1.26. The fourth-order valence-electron chi connectivity index (χ4n) is 2.36. The van der Waals surface area contributed by atoms with Crippen LogP contribution in [0.25, 0.3) is 10.4 Å². The first-order valence-corrected chi connectivity index (χ1v) is 8.53. The highest BCUT2D eigenvalue weighted by Crippen LogP contribution is 2.35. The van der Waals surface area contributed by atoms with Gasteiger partial charge in [-0.3, -0.25) is 4.79 Å². The molecule has 6 heteroatoms. The number of nitrogens with zero attached hydrogens (tertiary/aromatic N) is 1. The third kappa shape index (κ3) is 3.63. The first-order chi connectivity index (χ1) is 12.6. The van der Waals surface area contributed by atoms with Gasteiger partial charge in [0.25, 0.3) is 5.91 Å². The van der Waals surface area contributed by atoms with E-state index in [2.05, 4.69) is 5.32 Å². The average Bonchev–Trinajstić information content (AvgIpc) is 3.12. The topological polar surface area (TPSA) is 79.2 Å². The van der Waals surface area contributed by atoms with Gasteiger partial charge in [-0.2, -0.15) is 5.26 Å². The first-order valence-electron chi connectivity index (χ1n) is 7.71. The molecule has 128 valence electrons. The molecule has 2 aromatic carbocycles. The molecular formula is C20H14N2O3S. The summed E-state index contributed by atoms with van der Waals surface area (Å²) in [5.74, 6) is -0.871. The van der Waals surface area contributed by atoms with Crippen molar-refractivity contribution in [1.82, 2.24) is 0 Å². The van der Waals surface area contributed by atoms with E-state index in [0.717, 1.165) is 10.4 Å². The van der Waals surface area contributed by atoms with Crippen molar-refractivity contribution in [1.29, 1.82) is 5.26 Å². The maximum atomic E-state index is 12.5. The van der Waals surface area contributed by atoms with Crippen molar-refractivity contribution in [2.45, 2.75) is 0 Å². The maximum absolute atomic E-state index is 12.5. The SMILES string of the molecule is COC(=O)c1sc(-c2ccccc2)cc1NC(=O)c1ccc(C#N)cc1. The summed E-state index contributed by atoms with van der Waals surface area (Å²) in [6.07, 6.45) is 0. The molecule has 3 rings (SSSR count). The zero-order valence-electron chi connectivity index (χ0n) is 13.9. The molecule has 0 unspecified atom stereocenters. The molecule has 0 aliphatic carbocycles. The molecule has 1 aromatic heterocycles. The average molecular weight is 362 g/mol. The smallest absolute Gasteiger partial charge is 0.350 e. The summed E-state index contributed by atoms with van der Waals surface area (Å²) < 4.78 is 4.83. The van der Waals surface area contributed by atoms with Gasteiger partial charge in [0, 0.05) is 10.4 Å². The number of amides is 1. The van der Waals surface area contributed by atoms with E-state index >= 15 is 0 Å². The maximum Gasteiger partial charge on any atom is 0.350 e. The molecule has 0 aliphatic heterocycles. The third-order valence-corrected chi connectivity index (χ3v) is 4.85. The molecule has 0 bridgehead atoms. The molecule has 0 atom stereocenters. The fourth-order valence-corrected chi connectivity index (χ4v) is 3.40. The van der Waals surface area contributed by atoms with Gasteiger partial charge in [-0.05, 0) is 35.9 Å². The van der Waals surface area contributed by atoms with Crippen molar-refractivity contribution in [3.05, 3.63) is 76.7 Å². The Hall–Kier alpha value is -3.43. The van der Waals surface area contributed by atoms with E-state index in [4.69, 9.17) is 10.00 Å². The van der Waals surface area contributed by atoms with Gasteiger partial charge in [-0.25, -0.2) is 4.79 Å². The molecule has 1 amide bonds. The number of ether oxygens (including phenoxy) is 1. The van der Waals surface area contributed by atoms with Crippen molar-refractivity contribution in [2.24, 2.45) is 0 Å². The van der Waals surface area contributed by atoms with E-state index < -0.39 is 5.97 Å². The standard InChI is InChI=1S/C20H14N2O3S/c1-25-20(24)18-16(11-17(26-18)14-5-3-2-4-6-14)22-19(23)15-9-7-13(12-21)8-10-15/h2-11H,1H3,(H,22,23). The monoisotopic (exact) mass is 362 g/mol. The Bertz CT molecular complexity index is 986. The van der Waals surface area contributed by atoms with Crippen LogP contribution in [-0.4, -0.2) is 19.0 Å². The van der Waals surface area contributed by atoms with Crippen LogP contribution >= 0.6 is 11.3 Å². The Morgan fingerprint density at radius 3 is 2.38 bits per heavy atom. The van der Waals surface area contributed by atoms with Crippen LogP contribution in [0.5, 0.6) is 0 Å². The molecule has 0 saturated carbocycles. The summed E-state index contributed by atoms with van der Waals surface area (Å²) in [5.41, 5.74) is 2.21. The lowest BCUT2D eigenvalue weighted by Crippen LogP contribution is -2.13. The van der Waals surface area contributed by atoms with Gasteiger partial charge in [0.05, 0.1) is 24.4 Å². The molecule has 1 N–H and O–H groups in total. The molecule has 26 heavy (non-hydrogen) atoms. The van der Waals surface area contributed by atoms with Gasteiger partial charge >= 0.3 is 5.97 Å². The van der Waals surface area contributed by atoms with E-state index in [0.29, 0.717) is 21.7 Å². The second-order valence-electron chi connectivity index (χ2n) is 5.35. The second-order valence-corrected chi connectivity index (χ2v) is 6.41. The van der Waals surface area contributed by atoms with Gasteiger partial charge in [0.1, 0.15) is 4.88 Å². The zero-order chi connectivity index (χ0) is 18.5. The molecule has 0 aliphatic rings. The number of hydrogen-bond acceptors (Lipinski definition) is 5. The van der Waals surface area contributed by atoms with Crippen LogP contribution in [0.2, 0.25) is 0 Å². The summed E-state index contributed by atoms with van der Waals surface area (Å²) in [5, 5.41) is 11.6. The van der Waals surface area contributed by atoms with Crippen LogP contribution in [-0.2, 0) is 4.74 Å². The van der Waals surface area contributed by atoms with Gasteiger partial charge in [0.2, 0.25) is 0 Å². The molecule has 1 heterocycles. The largest absolute Gasteiger partial charge is 0.465 e. The van der Waals surface area contributed by atoms with E-state index in [9.17, 15) is 9.59 Å². The Morgan fingerprint density at radius 2 is 1.77 bits per heavy atom. The number of benzene rings is 2. The van der Waals surface area contributed by atoms with Gasteiger partial charge in [0.15, 0.2) is 0 Å². The predicted molar refractivity (Wildman–Crippen MR) is 100 cm³/mol. The number of hydrogen-bond donors (Lipinski definition) is 1. The number of nitriles is 1. The zero-order valence-corrected chi connectivity index (χ0v) is 14.7. The van der Waals surface area contributed by atoms with Crippen molar-refractivity contribution in [3.63, 3.8) is 0 Å². The van der Waals surface area contributed by atoms with E-state index in [1.54, 1.807) is 30.3 Å². The van der Waals surface area contributed by atoms with Crippen molar-refractivity contribution in [3.8, 4) is 16.5 Å². The normalized spacial score (nSPS) is 10.0. The Balaban J connectivity index is 1.92. The van der Waals surface area contributed by atoms with Crippen LogP contribution in [0.15, 0.2) is 60.7 Å². The lowest BCUT2D eigenvalue weighted by Gasteiger charge is -2.05. The number of carbonyl (C=O) groups is 2. The van der Waals surface area contributed by atoms with Crippen LogP contribution in [0, 0.1) is 11.3 Å². The van der Waals surface area contributed by atoms with E-state index in [-0.39, 0.29) is 5.91 Å². The molecule has 0 radical (unpaired) electrons. The molecule has 5 nitrogen and oxygen atoms in total. The summed E-state index contributed by atoms with van der Waals surface area (Å²) in [7, 11) is 1.30. The predicted octanol–water partition coefficient (Wildman–Crippen LogP) is 4.33. The number of rotatable bonds is 4. The Kier molecular flexibility index (Phi) is 5.11. The van der Waals surface area contributed by atoms with Crippen molar-refractivity contribution in [2.75, 3.05) is 12.4 Å². The van der Waals surface area contributed by atoms with Gasteiger partial charge in [-0.1, -0.05) is 30.3 Å². The minimum absolute atomic E-state index is 0.327. The molecule has 0 saturated heterocycles. The lowest BCUT2D eigenvalue weighted by atomic mass is 10.1. The first kappa shape index (κ1) is 17.4. The minimum Gasteiger partial charge on any atom is -0.465 e. The summed E-state index contributed by atoms with van der Waals surface area (Å²) in [6.45, 7) is 0. The third-order valence-electron chi connectivity index (χ3n) is 3.69. The number of thiophene rings is 1. The Labute approximate surface area is 154 Å². The van der Waals surface area contributed by atoms with Crippen LogP contribution in [0.1, 0.15) is 25.6 Å². The molecule has 3 aromatic rings. The van der Waals surface area contributed by atoms with Gasteiger partial charge in [-0.15, -0.1) is 11.3 Å². The quantitative estimate of drug-likeness (QED) is 0.701. The molecule has 0 fully saturated rings. The van der Waals surface area contributed by atoms with Crippen LogP contribution < -0.4 is 5.32 Å². The highest BCUT2D eigenvalue weighted by Gasteiger charge is 2.20. The van der Waals surface area contributed by atoms with E-state index in [1.165, 1.54) is 18.4 Å². The lowest BCUT2D eigenvalue weighted by molar-refractivity contribution is 0.0607. The highest BCUT2D eigenvalue weighted by molar-refractivity contribution is 7.18.